The summed E-state index contributed by atoms with van der Waals surface area (Å²) in [6.07, 6.45) is 2.03. The largest absolute Gasteiger partial charge is 0.330 e. The molecule has 1 unspecified atom stereocenters. The molecule has 0 fully saturated rings. The number of thiazole rings is 1. The van der Waals surface area contributed by atoms with E-state index < -0.39 is 0 Å². The fraction of sp³-hybridized carbons (Fsp3) is 0.357. The van der Waals surface area contributed by atoms with Crippen LogP contribution in [0.5, 0.6) is 0 Å². The minimum Gasteiger partial charge on any atom is -0.330 e. The molecular weight excluding hydrogens is 264 g/mol. The van der Waals surface area contributed by atoms with Gasteiger partial charge in [-0.2, -0.15) is 0 Å². The van der Waals surface area contributed by atoms with Crippen LogP contribution < -0.4 is 5.73 Å². The number of benzene rings is 1. The summed E-state index contributed by atoms with van der Waals surface area (Å²) in [7, 11) is 0. The third-order valence-electron chi connectivity index (χ3n) is 3.19. The molecule has 0 saturated heterocycles. The van der Waals surface area contributed by atoms with Gasteiger partial charge in [0.05, 0.1) is 11.2 Å². The quantitative estimate of drug-likeness (QED) is 0.905. The number of aromatic nitrogens is 1. The zero-order valence-electron chi connectivity index (χ0n) is 10.4. The van der Waals surface area contributed by atoms with Crippen molar-refractivity contribution in [2.45, 2.75) is 25.7 Å². The fourth-order valence-corrected chi connectivity index (χ4v) is 3.17. The van der Waals surface area contributed by atoms with E-state index in [0.717, 1.165) is 29.1 Å². The van der Waals surface area contributed by atoms with Crippen molar-refractivity contribution >= 4 is 22.9 Å². The average Bonchev–Trinajstić information content (AvgIpc) is 2.78. The van der Waals surface area contributed by atoms with Gasteiger partial charge in [0.15, 0.2) is 0 Å². The Morgan fingerprint density at radius 3 is 2.78 bits per heavy atom. The lowest BCUT2D eigenvalue weighted by atomic mass is 9.94. The van der Waals surface area contributed by atoms with Crippen LogP contribution >= 0.6 is 22.9 Å². The van der Waals surface area contributed by atoms with E-state index in [1.165, 1.54) is 4.88 Å². The van der Waals surface area contributed by atoms with Gasteiger partial charge in [-0.05, 0) is 43.9 Å². The first kappa shape index (κ1) is 13.5. The number of nitrogens with two attached hydrogens (primary N) is 1. The van der Waals surface area contributed by atoms with E-state index in [2.05, 4.69) is 18.0 Å². The van der Waals surface area contributed by atoms with Gasteiger partial charge in [0.2, 0.25) is 0 Å². The maximum Gasteiger partial charge on any atom is 0.0797 e. The first-order valence-electron chi connectivity index (χ1n) is 6.05. The summed E-state index contributed by atoms with van der Waals surface area (Å²) in [5.74, 6) is 0.320. The Morgan fingerprint density at radius 2 is 2.17 bits per heavy atom. The first-order valence-corrected chi connectivity index (χ1v) is 7.31. The van der Waals surface area contributed by atoms with Crippen LogP contribution in [0.2, 0.25) is 5.02 Å². The van der Waals surface area contributed by atoms with E-state index in [0.29, 0.717) is 12.5 Å². The maximum atomic E-state index is 6.22. The van der Waals surface area contributed by atoms with Crippen molar-refractivity contribution in [3.05, 3.63) is 50.9 Å². The lowest BCUT2D eigenvalue weighted by molar-refractivity contribution is 0.636. The summed E-state index contributed by atoms with van der Waals surface area (Å²) < 4.78 is 0. The predicted molar refractivity (Wildman–Crippen MR) is 78.4 cm³/mol. The van der Waals surface area contributed by atoms with Crippen LogP contribution in [-0.4, -0.2) is 11.5 Å². The topological polar surface area (TPSA) is 38.9 Å². The molecule has 0 spiro atoms. The molecule has 0 amide bonds. The van der Waals surface area contributed by atoms with Crippen molar-refractivity contribution in [2.24, 2.45) is 5.73 Å². The molecule has 2 aromatic rings. The zero-order valence-corrected chi connectivity index (χ0v) is 12.0. The average molecular weight is 281 g/mol. The highest BCUT2D eigenvalue weighted by atomic mass is 35.5. The summed E-state index contributed by atoms with van der Waals surface area (Å²) in [6, 6.07) is 7.96. The Bertz CT molecular complexity index is 510. The third-order valence-corrected chi connectivity index (χ3v) is 4.53. The van der Waals surface area contributed by atoms with Gasteiger partial charge >= 0.3 is 0 Å². The molecule has 0 aliphatic rings. The molecule has 0 aliphatic heterocycles. The van der Waals surface area contributed by atoms with Gasteiger partial charge in [0.1, 0.15) is 0 Å². The lowest BCUT2D eigenvalue weighted by Crippen LogP contribution is -2.13. The van der Waals surface area contributed by atoms with E-state index in [1.807, 2.05) is 23.7 Å². The Labute approximate surface area is 117 Å². The summed E-state index contributed by atoms with van der Waals surface area (Å²) in [4.78, 5) is 5.62. The van der Waals surface area contributed by atoms with E-state index in [9.17, 15) is 0 Å². The van der Waals surface area contributed by atoms with Gasteiger partial charge in [0.25, 0.3) is 0 Å². The second kappa shape index (κ2) is 6.32. The van der Waals surface area contributed by atoms with Gasteiger partial charge in [-0.15, -0.1) is 11.3 Å². The number of rotatable bonds is 5. The Hall–Kier alpha value is -0.900. The van der Waals surface area contributed by atoms with Crippen molar-refractivity contribution in [3.63, 3.8) is 0 Å². The Kier molecular flexibility index (Phi) is 4.75. The standard InChI is InChI=1S/C14H17ClN2S/c1-10-14(18-9-17-10)7-6-11(8-16)12-4-2-3-5-13(12)15/h2-5,9,11H,6-8,16H2,1H3. The smallest absolute Gasteiger partial charge is 0.0797 e. The second-order valence-corrected chi connectivity index (χ2v) is 5.70. The van der Waals surface area contributed by atoms with Crippen LogP contribution in [0.4, 0.5) is 0 Å². The van der Waals surface area contributed by atoms with Crippen molar-refractivity contribution in [1.29, 1.82) is 0 Å². The molecule has 1 aromatic heterocycles. The zero-order chi connectivity index (χ0) is 13.0. The molecule has 1 atom stereocenters. The van der Waals surface area contributed by atoms with E-state index in [1.54, 1.807) is 11.3 Å². The van der Waals surface area contributed by atoms with Crippen LogP contribution in [0, 0.1) is 6.92 Å². The normalized spacial score (nSPS) is 12.6. The van der Waals surface area contributed by atoms with Gasteiger partial charge in [-0.25, -0.2) is 4.98 Å². The molecular formula is C14H17ClN2S. The lowest BCUT2D eigenvalue weighted by Gasteiger charge is -2.16. The molecule has 2 rings (SSSR count). The summed E-state index contributed by atoms with van der Waals surface area (Å²) in [5, 5.41) is 0.814. The second-order valence-electron chi connectivity index (χ2n) is 4.35. The first-order chi connectivity index (χ1) is 8.72. The third kappa shape index (κ3) is 3.10. The van der Waals surface area contributed by atoms with Crippen LogP contribution in [0.15, 0.2) is 29.8 Å². The van der Waals surface area contributed by atoms with Crippen LogP contribution in [0.3, 0.4) is 0 Å². The Morgan fingerprint density at radius 1 is 1.39 bits per heavy atom. The van der Waals surface area contributed by atoms with Crippen LogP contribution in [0.25, 0.3) is 0 Å². The summed E-state index contributed by atoms with van der Waals surface area (Å²) >= 11 is 7.94. The highest BCUT2D eigenvalue weighted by Gasteiger charge is 2.14. The molecule has 0 radical (unpaired) electrons. The van der Waals surface area contributed by atoms with Gasteiger partial charge in [0, 0.05) is 9.90 Å². The number of halogens is 1. The van der Waals surface area contributed by atoms with Crippen molar-refractivity contribution in [3.8, 4) is 0 Å². The van der Waals surface area contributed by atoms with E-state index in [4.69, 9.17) is 17.3 Å². The number of hydrogen-bond acceptors (Lipinski definition) is 3. The van der Waals surface area contributed by atoms with Crippen LogP contribution in [-0.2, 0) is 6.42 Å². The minimum atomic E-state index is 0.320. The molecule has 18 heavy (non-hydrogen) atoms. The summed E-state index contributed by atoms with van der Waals surface area (Å²) in [5.41, 5.74) is 10.1. The van der Waals surface area contributed by atoms with Gasteiger partial charge in [-0.3, -0.25) is 0 Å². The number of aryl methyl sites for hydroxylation is 2. The molecule has 1 aromatic carbocycles. The van der Waals surface area contributed by atoms with E-state index in [-0.39, 0.29) is 0 Å². The summed E-state index contributed by atoms with van der Waals surface area (Å²) in [6.45, 7) is 2.68. The minimum absolute atomic E-state index is 0.320. The van der Waals surface area contributed by atoms with Crippen molar-refractivity contribution < 1.29 is 0 Å². The predicted octanol–water partition coefficient (Wildman–Crippen LogP) is 3.78. The molecule has 96 valence electrons. The van der Waals surface area contributed by atoms with Crippen LogP contribution in [0.1, 0.15) is 28.5 Å². The van der Waals surface area contributed by atoms with Gasteiger partial charge in [-0.1, -0.05) is 29.8 Å². The molecule has 2 N–H and O–H groups in total. The molecule has 0 saturated carbocycles. The monoisotopic (exact) mass is 280 g/mol. The highest BCUT2D eigenvalue weighted by molar-refractivity contribution is 7.09. The SMILES string of the molecule is Cc1ncsc1CCC(CN)c1ccccc1Cl. The van der Waals surface area contributed by atoms with Crippen molar-refractivity contribution in [1.82, 2.24) is 4.98 Å². The fourth-order valence-electron chi connectivity index (χ4n) is 2.08. The van der Waals surface area contributed by atoms with E-state index >= 15 is 0 Å². The molecule has 0 aliphatic carbocycles. The number of nitrogens with zero attached hydrogens (tertiary/aromatic N) is 1. The molecule has 1 heterocycles. The molecule has 0 bridgehead atoms. The Balaban J connectivity index is 2.07. The molecule has 4 heteroatoms. The van der Waals surface area contributed by atoms with Gasteiger partial charge < -0.3 is 5.73 Å². The highest BCUT2D eigenvalue weighted by Crippen LogP contribution is 2.28. The van der Waals surface area contributed by atoms with Crippen molar-refractivity contribution in [2.75, 3.05) is 6.54 Å². The maximum absolute atomic E-state index is 6.22. The number of hydrogen-bond donors (Lipinski definition) is 1. The molecule has 2 nitrogen and oxygen atoms in total.